The van der Waals surface area contributed by atoms with E-state index in [1.165, 1.54) is 18.2 Å². The Balaban J connectivity index is 2.59. The molecule has 106 valence electrons. The lowest BCUT2D eigenvalue weighted by Crippen LogP contribution is -1.94. The summed E-state index contributed by atoms with van der Waals surface area (Å²) < 4.78 is 0. The summed E-state index contributed by atoms with van der Waals surface area (Å²) >= 11 is 29.7. The second-order valence-electron chi connectivity index (χ2n) is 4.01. The van der Waals surface area contributed by atoms with Gasteiger partial charge in [0.25, 0.3) is 0 Å². The van der Waals surface area contributed by atoms with E-state index in [1.54, 1.807) is 0 Å². The zero-order chi connectivity index (χ0) is 15.0. The van der Waals surface area contributed by atoms with Crippen molar-refractivity contribution in [3.8, 4) is 11.5 Å². The standard InChI is InChI=1S/C13H7Cl5O2/c14-7-1-2-8(15)12(19)5(7)3-6-11(18)9(16)4-10(17)13(6)20/h1-2,4,19-20H,3H2. The Morgan fingerprint density at radius 1 is 0.700 bits per heavy atom. The van der Waals surface area contributed by atoms with Crippen molar-refractivity contribution in [1.29, 1.82) is 0 Å². The van der Waals surface area contributed by atoms with Gasteiger partial charge in [-0.05, 0) is 18.2 Å². The normalized spacial score (nSPS) is 10.8. The molecule has 2 aromatic rings. The van der Waals surface area contributed by atoms with Crippen LogP contribution in [0, 0.1) is 0 Å². The zero-order valence-electron chi connectivity index (χ0n) is 9.72. The molecule has 0 aliphatic rings. The Hall–Kier alpha value is -0.510. The third kappa shape index (κ3) is 2.90. The number of aromatic hydroxyl groups is 2. The fourth-order valence-electron chi connectivity index (χ4n) is 1.72. The second-order valence-corrected chi connectivity index (χ2v) is 6.02. The molecule has 0 aliphatic carbocycles. The van der Waals surface area contributed by atoms with E-state index in [0.717, 1.165) is 0 Å². The molecular weight excluding hydrogens is 365 g/mol. The first-order valence-electron chi connectivity index (χ1n) is 5.34. The van der Waals surface area contributed by atoms with Gasteiger partial charge in [-0.1, -0.05) is 58.0 Å². The number of phenolic OH excluding ortho intramolecular Hbond substituents is 2. The molecule has 0 unspecified atom stereocenters. The predicted octanol–water partition coefficient (Wildman–Crippen LogP) is 5.96. The number of phenols is 2. The van der Waals surface area contributed by atoms with Crippen molar-refractivity contribution in [3.05, 3.63) is 54.4 Å². The van der Waals surface area contributed by atoms with Crippen molar-refractivity contribution in [2.45, 2.75) is 6.42 Å². The van der Waals surface area contributed by atoms with Gasteiger partial charge in [-0.15, -0.1) is 0 Å². The highest BCUT2D eigenvalue weighted by molar-refractivity contribution is 6.44. The van der Waals surface area contributed by atoms with Crippen molar-refractivity contribution in [1.82, 2.24) is 0 Å². The van der Waals surface area contributed by atoms with E-state index in [-0.39, 0.29) is 43.6 Å². The third-order valence-corrected chi connectivity index (χ3v) is 4.54. The molecule has 0 fully saturated rings. The lowest BCUT2D eigenvalue weighted by atomic mass is 10.0. The summed E-state index contributed by atoms with van der Waals surface area (Å²) in [6.07, 6.45) is 0.0379. The minimum atomic E-state index is -0.212. The molecule has 0 saturated carbocycles. The number of halogens is 5. The van der Waals surface area contributed by atoms with Crippen molar-refractivity contribution in [3.63, 3.8) is 0 Å². The highest BCUT2D eigenvalue weighted by atomic mass is 35.5. The van der Waals surface area contributed by atoms with Crippen LogP contribution in [0.2, 0.25) is 25.1 Å². The SMILES string of the molecule is Oc1c(Cl)ccc(Cl)c1Cc1c(O)c(Cl)cc(Cl)c1Cl. The second kappa shape index (κ2) is 6.08. The summed E-state index contributed by atoms with van der Waals surface area (Å²) in [5, 5.41) is 20.8. The molecule has 0 atom stereocenters. The van der Waals surface area contributed by atoms with E-state index in [0.29, 0.717) is 10.6 Å². The number of hydrogen-bond acceptors (Lipinski definition) is 2. The summed E-state index contributed by atoms with van der Waals surface area (Å²) in [7, 11) is 0. The molecule has 0 spiro atoms. The van der Waals surface area contributed by atoms with Crippen LogP contribution >= 0.6 is 58.0 Å². The van der Waals surface area contributed by atoms with Gasteiger partial charge in [-0.2, -0.15) is 0 Å². The Morgan fingerprint density at radius 3 is 1.90 bits per heavy atom. The van der Waals surface area contributed by atoms with E-state index < -0.39 is 0 Å². The van der Waals surface area contributed by atoms with Crippen molar-refractivity contribution >= 4 is 58.0 Å². The fourth-order valence-corrected chi connectivity index (χ4v) is 2.83. The van der Waals surface area contributed by atoms with Crippen LogP contribution in [0.15, 0.2) is 18.2 Å². The molecule has 2 N–H and O–H groups in total. The van der Waals surface area contributed by atoms with Crippen LogP contribution in [-0.2, 0) is 6.42 Å². The van der Waals surface area contributed by atoms with Crippen LogP contribution in [-0.4, -0.2) is 10.2 Å². The first-order chi connectivity index (χ1) is 9.32. The molecule has 2 aromatic carbocycles. The smallest absolute Gasteiger partial charge is 0.139 e. The Labute approximate surface area is 140 Å². The van der Waals surface area contributed by atoms with Crippen LogP contribution in [0.3, 0.4) is 0 Å². The summed E-state index contributed by atoms with van der Waals surface area (Å²) in [6.45, 7) is 0. The van der Waals surface area contributed by atoms with Gasteiger partial charge < -0.3 is 10.2 Å². The van der Waals surface area contributed by atoms with E-state index in [4.69, 9.17) is 58.0 Å². The lowest BCUT2D eigenvalue weighted by Gasteiger charge is -2.13. The Bertz CT molecular complexity index is 659. The van der Waals surface area contributed by atoms with E-state index in [1.807, 2.05) is 0 Å². The molecule has 0 radical (unpaired) electrons. The average molecular weight is 372 g/mol. The maximum absolute atomic E-state index is 9.98. The lowest BCUT2D eigenvalue weighted by molar-refractivity contribution is 0.463. The van der Waals surface area contributed by atoms with Crippen LogP contribution in [0.5, 0.6) is 11.5 Å². The molecule has 2 nitrogen and oxygen atoms in total. The molecule has 7 heteroatoms. The van der Waals surface area contributed by atoms with Gasteiger partial charge in [0.2, 0.25) is 0 Å². The molecular formula is C13H7Cl5O2. The molecule has 2 rings (SSSR count). The van der Waals surface area contributed by atoms with E-state index >= 15 is 0 Å². The maximum Gasteiger partial charge on any atom is 0.139 e. The monoisotopic (exact) mass is 370 g/mol. The average Bonchev–Trinajstić information content (AvgIpc) is 2.40. The third-order valence-electron chi connectivity index (χ3n) is 2.77. The Morgan fingerprint density at radius 2 is 1.25 bits per heavy atom. The summed E-state index contributed by atoms with van der Waals surface area (Å²) in [5.74, 6) is -0.387. The zero-order valence-corrected chi connectivity index (χ0v) is 13.5. The van der Waals surface area contributed by atoms with Crippen LogP contribution < -0.4 is 0 Å². The van der Waals surface area contributed by atoms with Gasteiger partial charge in [0, 0.05) is 22.6 Å². The molecule has 0 aromatic heterocycles. The molecule has 0 bridgehead atoms. The van der Waals surface area contributed by atoms with Crippen molar-refractivity contribution in [2.24, 2.45) is 0 Å². The topological polar surface area (TPSA) is 40.5 Å². The number of rotatable bonds is 2. The molecule has 0 amide bonds. The summed E-state index contributed by atoms with van der Waals surface area (Å²) in [4.78, 5) is 0. The highest BCUT2D eigenvalue weighted by Crippen LogP contribution is 2.42. The molecule has 0 heterocycles. The van der Waals surface area contributed by atoms with Gasteiger partial charge in [-0.3, -0.25) is 0 Å². The number of hydrogen-bond donors (Lipinski definition) is 2. The summed E-state index contributed by atoms with van der Waals surface area (Å²) in [5.41, 5.74) is 0.596. The van der Waals surface area contributed by atoms with Crippen LogP contribution in [0.25, 0.3) is 0 Å². The number of benzene rings is 2. The van der Waals surface area contributed by atoms with E-state index in [2.05, 4.69) is 0 Å². The quantitative estimate of drug-likeness (QED) is 0.639. The predicted molar refractivity (Wildman–Crippen MR) is 84.1 cm³/mol. The van der Waals surface area contributed by atoms with Gasteiger partial charge in [0.15, 0.2) is 0 Å². The largest absolute Gasteiger partial charge is 0.506 e. The maximum atomic E-state index is 9.98. The minimum absolute atomic E-state index is 0.0379. The van der Waals surface area contributed by atoms with Gasteiger partial charge >= 0.3 is 0 Å². The first kappa shape index (κ1) is 15.9. The van der Waals surface area contributed by atoms with E-state index in [9.17, 15) is 10.2 Å². The van der Waals surface area contributed by atoms with Crippen LogP contribution in [0.4, 0.5) is 0 Å². The highest BCUT2D eigenvalue weighted by Gasteiger charge is 2.19. The fraction of sp³-hybridized carbons (Fsp3) is 0.0769. The first-order valence-corrected chi connectivity index (χ1v) is 7.23. The van der Waals surface area contributed by atoms with Gasteiger partial charge in [0.1, 0.15) is 11.5 Å². The van der Waals surface area contributed by atoms with Crippen molar-refractivity contribution < 1.29 is 10.2 Å². The van der Waals surface area contributed by atoms with Gasteiger partial charge in [-0.25, -0.2) is 0 Å². The minimum Gasteiger partial charge on any atom is -0.506 e. The Kier molecular flexibility index (Phi) is 4.83. The summed E-state index contributed by atoms with van der Waals surface area (Å²) in [6, 6.07) is 4.34. The molecule has 0 saturated heterocycles. The van der Waals surface area contributed by atoms with Gasteiger partial charge in [0.05, 0.1) is 20.1 Å². The van der Waals surface area contributed by atoms with Crippen molar-refractivity contribution in [2.75, 3.05) is 0 Å². The molecule has 0 aliphatic heterocycles. The molecule has 20 heavy (non-hydrogen) atoms. The van der Waals surface area contributed by atoms with Crippen LogP contribution in [0.1, 0.15) is 11.1 Å².